The average Bonchev–Trinajstić information content (AvgIpc) is 2.73. The minimum Gasteiger partial charge on any atom is -0.493 e. The average molecular weight is 383 g/mol. The predicted molar refractivity (Wildman–Crippen MR) is 111 cm³/mol. The van der Waals surface area contributed by atoms with E-state index in [1.54, 1.807) is 19.2 Å². The minimum atomic E-state index is -0.446. The molecule has 0 saturated heterocycles. The van der Waals surface area contributed by atoms with Crippen molar-refractivity contribution in [1.29, 1.82) is 0 Å². The lowest BCUT2D eigenvalue weighted by Gasteiger charge is -2.17. The Morgan fingerprint density at radius 2 is 1.57 bits per heavy atom. The number of para-hydroxylation sites is 1. The number of ether oxygens (including phenoxy) is 2. The van der Waals surface area contributed by atoms with Crippen molar-refractivity contribution in [3.63, 3.8) is 0 Å². The van der Waals surface area contributed by atoms with Crippen LogP contribution in [0.2, 0.25) is 0 Å². The first kappa shape index (κ1) is 21.5. The van der Waals surface area contributed by atoms with E-state index in [0.717, 1.165) is 50.5 Å². The van der Waals surface area contributed by atoms with E-state index in [2.05, 4.69) is 0 Å². The maximum atomic E-state index is 12.3. The molecule has 150 valence electrons. The maximum absolute atomic E-state index is 12.3. The molecule has 0 aromatic heterocycles. The van der Waals surface area contributed by atoms with Crippen molar-refractivity contribution < 1.29 is 19.1 Å². The van der Waals surface area contributed by atoms with Crippen molar-refractivity contribution in [1.82, 2.24) is 0 Å². The summed E-state index contributed by atoms with van der Waals surface area (Å²) in [6, 6.07) is 16.5. The Labute approximate surface area is 167 Å². The molecule has 0 N–H and O–H groups in total. The molecule has 0 aliphatic carbocycles. The fourth-order valence-electron chi connectivity index (χ4n) is 2.78. The molecule has 5 heteroatoms. The van der Waals surface area contributed by atoms with E-state index < -0.39 is 6.09 Å². The van der Waals surface area contributed by atoms with E-state index in [-0.39, 0.29) is 0 Å². The van der Waals surface area contributed by atoms with Crippen molar-refractivity contribution >= 4 is 18.1 Å². The first-order valence-corrected chi connectivity index (χ1v) is 9.88. The fourth-order valence-corrected chi connectivity index (χ4v) is 2.78. The molecule has 2 rings (SSSR count). The number of hydrogen-bond acceptors (Lipinski definition) is 4. The second-order valence-electron chi connectivity index (χ2n) is 6.66. The van der Waals surface area contributed by atoms with Gasteiger partial charge in [-0.2, -0.15) is 0 Å². The zero-order chi connectivity index (χ0) is 20.0. The van der Waals surface area contributed by atoms with Crippen LogP contribution in [0.5, 0.6) is 11.5 Å². The van der Waals surface area contributed by atoms with Gasteiger partial charge in [0, 0.05) is 25.2 Å². The second kappa shape index (κ2) is 12.5. The molecule has 0 aliphatic rings. The van der Waals surface area contributed by atoms with E-state index in [1.807, 2.05) is 42.5 Å². The number of aldehydes is 1. The molecule has 0 spiro atoms. The van der Waals surface area contributed by atoms with Gasteiger partial charge in [0.25, 0.3) is 0 Å². The third-order valence-electron chi connectivity index (χ3n) is 4.41. The second-order valence-corrected chi connectivity index (χ2v) is 6.66. The number of anilines is 1. The zero-order valence-electron chi connectivity index (χ0n) is 16.5. The van der Waals surface area contributed by atoms with Gasteiger partial charge in [-0.05, 0) is 37.1 Å². The standard InChI is InChI=1S/C23H29NO4/c1-24(20-13-8-7-9-14-20)23(26)28-22-16-12-15-21(19-22)27-18-11-6-4-2-3-5-10-17-25/h7-9,12-17,19H,2-6,10-11,18H2,1H3. The first-order chi connectivity index (χ1) is 13.7. The maximum Gasteiger partial charge on any atom is 0.419 e. The van der Waals surface area contributed by atoms with Gasteiger partial charge in [-0.25, -0.2) is 4.79 Å². The van der Waals surface area contributed by atoms with Crippen LogP contribution in [0.1, 0.15) is 44.9 Å². The highest BCUT2D eigenvalue weighted by molar-refractivity contribution is 5.88. The third-order valence-corrected chi connectivity index (χ3v) is 4.41. The summed E-state index contributed by atoms with van der Waals surface area (Å²) in [5.74, 6) is 1.15. The van der Waals surface area contributed by atoms with Crippen LogP contribution in [0.15, 0.2) is 54.6 Å². The summed E-state index contributed by atoms with van der Waals surface area (Å²) in [6.07, 6.45) is 7.73. The molecule has 0 radical (unpaired) electrons. The summed E-state index contributed by atoms with van der Waals surface area (Å²) in [7, 11) is 1.68. The molecule has 0 bridgehead atoms. The molecule has 0 atom stereocenters. The smallest absolute Gasteiger partial charge is 0.419 e. The number of benzene rings is 2. The molecular weight excluding hydrogens is 354 g/mol. The molecule has 28 heavy (non-hydrogen) atoms. The molecule has 0 fully saturated rings. The van der Waals surface area contributed by atoms with Gasteiger partial charge in [0.1, 0.15) is 17.8 Å². The quantitative estimate of drug-likeness (QED) is 0.352. The van der Waals surface area contributed by atoms with E-state index in [0.29, 0.717) is 24.5 Å². The number of carbonyl (C=O) groups excluding carboxylic acids is 2. The van der Waals surface area contributed by atoms with Crippen LogP contribution in [0, 0.1) is 0 Å². The third kappa shape index (κ3) is 7.82. The number of nitrogens with zero attached hydrogens (tertiary/aromatic N) is 1. The summed E-state index contributed by atoms with van der Waals surface area (Å²) >= 11 is 0. The summed E-state index contributed by atoms with van der Waals surface area (Å²) in [5.41, 5.74) is 0.770. The normalized spacial score (nSPS) is 10.3. The van der Waals surface area contributed by atoms with Crippen molar-refractivity contribution in [3.05, 3.63) is 54.6 Å². The predicted octanol–water partition coefficient (Wildman–Crippen LogP) is 5.63. The van der Waals surface area contributed by atoms with Gasteiger partial charge in [0.05, 0.1) is 6.61 Å². The SMILES string of the molecule is CN(C(=O)Oc1cccc(OCCCCCCCCC=O)c1)c1ccccc1. The molecule has 2 aromatic rings. The molecule has 0 heterocycles. The molecule has 2 aromatic carbocycles. The molecule has 0 saturated carbocycles. The topological polar surface area (TPSA) is 55.8 Å². The van der Waals surface area contributed by atoms with Crippen molar-refractivity contribution in [2.24, 2.45) is 0 Å². The van der Waals surface area contributed by atoms with Crippen molar-refractivity contribution in [3.8, 4) is 11.5 Å². The lowest BCUT2D eigenvalue weighted by atomic mass is 10.1. The van der Waals surface area contributed by atoms with Gasteiger partial charge >= 0.3 is 6.09 Å². The largest absolute Gasteiger partial charge is 0.493 e. The summed E-state index contributed by atoms with van der Waals surface area (Å²) in [6.45, 7) is 0.635. The van der Waals surface area contributed by atoms with Crippen molar-refractivity contribution in [2.75, 3.05) is 18.6 Å². The van der Waals surface area contributed by atoms with Gasteiger partial charge in [-0.1, -0.05) is 49.9 Å². The Bertz CT molecular complexity index is 718. The van der Waals surface area contributed by atoms with Crippen molar-refractivity contribution in [2.45, 2.75) is 44.9 Å². The number of unbranched alkanes of at least 4 members (excludes halogenated alkanes) is 6. The zero-order valence-corrected chi connectivity index (χ0v) is 16.5. The van der Waals surface area contributed by atoms with Crippen LogP contribution in [0.25, 0.3) is 0 Å². The molecule has 1 amide bonds. The highest BCUT2D eigenvalue weighted by Crippen LogP contribution is 2.21. The van der Waals surface area contributed by atoms with Crippen LogP contribution >= 0.6 is 0 Å². The lowest BCUT2D eigenvalue weighted by molar-refractivity contribution is -0.107. The van der Waals surface area contributed by atoms with E-state index in [1.165, 1.54) is 4.90 Å². The molecule has 0 aliphatic heterocycles. The Balaban J connectivity index is 1.70. The highest BCUT2D eigenvalue weighted by atomic mass is 16.6. The Kier molecular flexibility index (Phi) is 9.62. The number of carbonyl (C=O) groups is 2. The first-order valence-electron chi connectivity index (χ1n) is 9.88. The van der Waals surface area contributed by atoms with Gasteiger partial charge < -0.3 is 14.3 Å². The monoisotopic (exact) mass is 383 g/mol. The van der Waals surface area contributed by atoms with Gasteiger partial charge in [-0.15, -0.1) is 0 Å². The Morgan fingerprint density at radius 1 is 0.893 bits per heavy atom. The van der Waals surface area contributed by atoms with Crippen LogP contribution < -0.4 is 14.4 Å². The summed E-state index contributed by atoms with van der Waals surface area (Å²) < 4.78 is 11.2. The fraction of sp³-hybridized carbons (Fsp3) is 0.391. The number of hydrogen-bond donors (Lipinski definition) is 0. The van der Waals surface area contributed by atoms with E-state index >= 15 is 0 Å². The Hall–Kier alpha value is -2.82. The molecular formula is C23H29NO4. The van der Waals surface area contributed by atoms with Crippen LogP contribution in [-0.2, 0) is 4.79 Å². The van der Waals surface area contributed by atoms with Gasteiger partial charge in [0.2, 0.25) is 0 Å². The minimum absolute atomic E-state index is 0.446. The molecule has 0 unspecified atom stereocenters. The number of amides is 1. The van der Waals surface area contributed by atoms with Crippen LogP contribution in [0.3, 0.4) is 0 Å². The van der Waals surface area contributed by atoms with Gasteiger partial charge in [0.15, 0.2) is 0 Å². The van der Waals surface area contributed by atoms with E-state index in [4.69, 9.17) is 9.47 Å². The van der Waals surface area contributed by atoms with Gasteiger partial charge in [-0.3, -0.25) is 4.90 Å². The number of rotatable bonds is 12. The molecule has 5 nitrogen and oxygen atoms in total. The van der Waals surface area contributed by atoms with Crippen LogP contribution in [0.4, 0.5) is 10.5 Å². The van der Waals surface area contributed by atoms with E-state index in [9.17, 15) is 9.59 Å². The lowest BCUT2D eigenvalue weighted by Crippen LogP contribution is -2.29. The summed E-state index contributed by atoms with van der Waals surface area (Å²) in [4.78, 5) is 24.0. The van der Waals surface area contributed by atoms with Crippen LogP contribution in [-0.4, -0.2) is 26.0 Å². The summed E-state index contributed by atoms with van der Waals surface area (Å²) in [5, 5.41) is 0. The Morgan fingerprint density at radius 3 is 2.32 bits per heavy atom. The highest BCUT2D eigenvalue weighted by Gasteiger charge is 2.13.